The van der Waals surface area contributed by atoms with Crippen molar-refractivity contribution < 1.29 is 18.2 Å². The summed E-state index contributed by atoms with van der Waals surface area (Å²) in [7, 11) is -3.78. The van der Waals surface area contributed by atoms with Gasteiger partial charge in [0.05, 0.1) is 16.4 Å². The topological polar surface area (TPSA) is 98.5 Å². The van der Waals surface area contributed by atoms with E-state index in [2.05, 4.69) is 0 Å². The van der Waals surface area contributed by atoms with Crippen molar-refractivity contribution in [3.05, 3.63) is 34.4 Å². The van der Waals surface area contributed by atoms with Crippen molar-refractivity contribution in [3.8, 4) is 0 Å². The van der Waals surface area contributed by atoms with Crippen LogP contribution in [0.2, 0.25) is 0 Å². The van der Waals surface area contributed by atoms with Gasteiger partial charge in [-0.3, -0.25) is 15.0 Å². The number of nitrogens with zero attached hydrogens (tertiary/aromatic N) is 1. The third-order valence-electron chi connectivity index (χ3n) is 2.13. The first-order chi connectivity index (χ1) is 8.47. The zero-order valence-electron chi connectivity index (χ0n) is 9.83. The number of benzene rings is 1. The Morgan fingerprint density at radius 2 is 1.94 bits per heavy atom. The average molecular weight is 274 g/mol. The van der Waals surface area contributed by atoms with Gasteiger partial charge in [0, 0.05) is 12.1 Å². The van der Waals surface area contributed by atoms with E-state index in [1.165, 1.54) is 0 Å². The molecular weight excluding hydrogens is 260 g/mol. The highest BCUT2D eigenvalue weighted by molar-refractivity contribution is 7.89. The van der Waals surface area contributed by atoms with Crippen LogP contribution in [0.5, 0.6) is 0 Å². The van der Waals surface area contributed by atoms with E-state index in [9.17, 15) is 18.5 Å². The molecule has 100 valence electrons. The summed E-state index contributed by atoms with van der Waals surface area (Å²) in [4.78, 5) is 16.5. The number of nitrogens with one attached hydrogen (secondary N) is 1. The first-order valence-electron chi connectivity index (χ1n) is 5.35. The number of non-ortho nitro benzene ring substituents is 1. The number of nitro benzene ring substituents is 1. The van der Waals surface area contributed by atoms with Crippen LogP contribution in [0.1, 0.15) is 19.8 Å². The van der Waals surface area contributed by atoms with E-state index in [0.717, 1.165) is 37.1 Å². The Kier molecular flexibility index (Phi) is 5.20. The molecule has 0 saturated carbocycles. The molecule has 7 nitrogen and oxygen atoms in total. The van der Waals surface area contributed by atoms with Crippen LogP contribution < -0.4 is 4.89 Å². The molecular formula is C10H14N2O5S. The fraction of sp³-hybridized carbons (Fsp3) is 0.400. The third kappa shape index (κ3) is 4.06. The van der Waals surface area contributed by atoms with Crippen molar-refractivity contribution in [3.63, 3.8) is 0 Å². The SMILES string of the molecule is CCCCONS(=O)(=O)c1ccc([N+](=O)[O-])cc1. The molecule has 0 fully saturated rings. The number of hydrogen-bond donors (Lipinski definition) is 1. The highest BCUT2D eigenvalue weighted by Crippen LogP contribution is 2.15. The van der Waals surface area contributed by atoms with Gasteiger partial charge in [-0.2, -0.15) is 0 Å². The summed E-state index contributed by atoms with van der Waals surface area (Å²) in [6.45, 7) is 2.23. The molecule has 0 radical (unpaired) electrons. The normalized spacial score (nSPS) is 11.4. The lowest BCUT2D eigenvalue weighted by atomic mass is 10.3. The Bertz CT molecular complexity index is 498. The maximum atomic E-state index is 11.7. The van der Waals surface area contributed by atoms with E-state index in [1.54, 1.807) is 0 Å². The summed E-state index contributed by atoms with van der Waals surface area (Å²) in [6, 6.07) is 4.56. The maximum absolute atomic E-state index is 11.7. The first-order valence-corrected chi connectivity index (χ1v) is 6.83. The molecule has 1 aromatic carbocycles. The zero-order chi connectivity index (χ0) is 13.6. The second-order valence-electron chi connectivity index (χ2n) is 3.54. The predicted octanol–water partition coefficient (Wildman–Crippen LogP) is 1.60. The Morgan fingerprint density at radius 1 is 1.33 bits per heavy atom. The van der Waals surface area contributed by atoms with Crippen LogP contribution in [-0.4, -0.2) is 19.9 Å². The third-order valence-corrected chi connectivity index (χ3v) is 3.36. The molecule has 0 aliphatic heterocycles. The van der Waals surface area contributed by atoms with Crippen LogP contribution in [0, 0.1) is 10.1 Å². The monoisotopic (exact) mass is 274 g/mol. The largest absolute Gasteiger partial charge is 0.287 e. The summed E-state index contributed by atoms with van der Waals surface area (Å²) in [5.41, 5.74) is -0.166. The van der Waals surface area contributed by atoms with Crippen LogP contribution in [0.3, 0.4) is 0 Å². The lowest BCUT2D eigenvalue weighted by Crippen LogP contribution is -2.24. The number of hydrogen-bond acceptors (Lipinski definition) is 5. The fourth-order valence-electron chi connectivity index (χ4n) is 1.13. The van der Waals surface area contributed by atoms with Gasteiger partial charge >= 0.3 is 0 Å². The van der Waals surface area contributed by atoms with E-state index >= 15 is 0 Å². The van der Waals surface area contributed by atoms with E-state index in [4.69, 9.17) is 4.84 Å². The van der Waals surface area contributed by atoms with Crippen molar-refractivity contribution in [2.24, 2.45) is 0 Å². The Hall–Kier alpha value is -1.51. The molecule has 0 unspecified atom stereocenters. The first kappa shape index (κ1) is 14.6. The Morgan fingerprint density at radius 3 is 2.44 bits per heavy atom. The minimum absolute atomic E-state index is 0.0791. The minimum Gasteiger partial charge on any atom is -0.287 e. The molecule has 8 heteroatoms. The molecule has 0 amide bonds. The predicted molar refractivity (Wildman–Crippen MR) is 64.3 cm³/mol. The maximum Gasteiger partial charge on any atom is 0.269 e. The lowest BCUT2D eigenvalue weighted by molar-refractivity contribution is -0.384. The smallest absolute Gasteiger partial charge is 0.269 e. The van der Waals surface area contributed by atoms with Crippen LogP contribution >= 0.6 is 0 Å². The molecule has 0 atom stereocenters. The van der Waals surface area contributed by atoms with Gasteiger partial charge in [-0.05, 0) is 18.6 Å². The van der Waals surface area contributed by atoms with Gasteiger partial charge in [-0.1, -0.05) is 18.2 Å². The van der Waals surface area contributed by atoms with Gasteiger partial charge in [0.2, 0.25) is 0 Å². The Labute approximate surface area is 105 Å². The van der Waals surface area contributed by atoms with Gasteiger partial charge in [-0.15, -0.1) is 0 Å². The van der Waals surface area contributed by atoms with Crippen LogP contribution in [0.4, 0.5) is 5.69 Å². The minimum atomic E-state index is -3.78. The molecule has 0 saturated heterocycles. The quantitative estimate of drug-likeness (QED) is 0.462. The molecule has 0 aromatic heterocycles. The molecule has 18 heavy (non-hydrogen) atoms. The van der Waals surface area contributed by atoms with Crippen molar-refractivity contribution in [1.29, 1.82) is 0 Å². The lowest BCUT2D eigenvalue weighted by Gasteiger charge is -2.06. The van der Waals surface area contributed by atoms with Crippen molar-refractivity contribution in [2.45, 2.75) is 24.7 Å². The van der Waals surface area contributed by atoms with Gasteiger partial charge in [0.25, 0.3) is 15.7 Å². The molecule has 1 aromatic rings. The highest BCUT2D eigenvalue weighted by Gasteiger charge is 2.15. The number of unbranched alkanes of at least 4 members (excludes halogenated alkanes) is 1. The summed E-state index contributed by atoms with van der Waals surface area (Å²) >= 11 is 0. The average Bonchev–Trinajstić information content (AvgIpc) is 2.35. The van der Waals surface area contributed by atoms with E-state index in [0.29, 0.717) is 0 Å². The number of nitro groups is 1. The number of rotatable bonds is 7. The molecule has 0 bridgehead atoms. The summed E-state index contributed by atoms with van der Waals surface area (Å²) in [5, 5.41) is 10.4. The fourth-order valence-corrected chi connectivity index (χ4v) is 1.96. The number of sulfonamides is 1. The second kappa shape index (κ2) is 6.43. The summed E-state index contributed by atoms with van der Waals surface area (Å²) < 4.78 is 23.3. The molecule has 0 aliphatic carbocycles. The van der Waals surface area contributed by atoms with Crippen molar-refractivity contribution >= 4 is 15.7 Å². The van der Waals surface area contributed by atoms with Crippen molar-refractivity contribution in [1.82, 2.24) is 4.89 Å². The molecule has 1 rings (SSSR count). The van der Waals surface area contributed by atoms with E-state index < -0.39 is 14.9 Å². The molecule has 1 N–H and O–H groups in total. The van der Waals surface area contributed by atoms with E-state index in [1.807, 2.05) is 11.8 Å². The molecule has 0 aliphatic rings. The van der Waals surface area contributed by atoms with Gasteiger partial charge in [0.1, 0.15) is 0 Å². The van der Waals surface area contributed by atoms with Crippen LogP contribution in [0.15, 0.2) is 29.2 Å². The van der Waals surface area contributed by atoms with E-state index in [-0.39, 0.29) is 17.2 Å². The summed E-state index contributed by atoms with van der Waals surface area (Å²) in [6.07, 6.45) is 1.63. The second-order valence-corrected chi connectivity index (χ2v) is 5.18. The highest BCUT2D eigenvalue weighted by atomic mass is 32.2. The van der Waals surface area contributed by atoms with Crippen LogP contribution in [0.25, 0.3) is 0 Å². The standard InChI is InChI=1S/C10H14N2O5S/c1-2-3-8-17-11-18(15,16)10-6-4-9(5-7-10)12(13)14/h4-7,11H,2-3,8H2,1H3. The van der Waals surface area contributed by atoms with Crippen LogP contribution in [-0.2, 0) is 14.9 Å². The van der Waals surface area contributed by atoms with Crippen molar-refractivity contribution in [2.75, 3.05) is 6.61 Å². The summed E-state index contributed by atoms with van der Waals surface area (Å²) in [5.74, 6) is 0. The van der Waals surface area contributed by atoms with Gasteiger partial charge in [-0.25, -0.2) is 8.42 Å². The van der Waals surface area contributed by atoms with Gasteiger partial charge < -0.3 is 0 Å². The van der Waals surface area contributed by atoms with Gasteiger partial charge in [0.15, 0.2) is 0 Å². The molecule has 0 spiro atoms. The molecule has 0 heterocycles. The Balaban J connectivity index is 2.70. The zero-order valence-corrected chi connectivity index (χ0v) is 10.6.